The Kier molecular flexibility index (Phi) is 8.48. The van der Waals surface area contributed by atoms with E-state index in [2.05, 4.69) is 26.5 Å². The van der Waals surface area contributed by atoms with E-state index in [-0.39, 0.29) is 5.91 Å². The van der Waals surface area contributed by atoms with Gasteiger partial charge in [-0.2, -0.15) is 5.10 Å². The quantitative estimate of drug-likeness (QED) is 0.452. The average Bonchev–Trinajstić information content (AvgIpc) is 2.72. The highest BCUT2D eigenvalue weighted by Gasteiger charge is 2.20. The number of nitrogens with zero attached hydrogens (tertiary/aromatic N) is 2. The van der Waals surface area contributed by atoms with E-state index in [0.717, 1.165) is 11.3 Å². The molecular formula is C21H26BrN3O4. The highest BCUT2D eigenvalue weighted by atomic mass is 79.9. The lowest BCUT2D eigenvalue weighted by molar-refractivity contribution is -0.132. The molecule has 29 heavy (non-hydrogen) atoms. The van der Waals surface area contributed by atoms with Gasteiger partial charge < -0.3 is 19.1 Å². The number of halogens is 1. The van der Waals surface area contributed by atoms with E-state index < -0.39 is 6.10 Å². The summed E-state index contributed by atoms with van der Waals surface area (Å²) in [5, 5.41) is 4.06. The van der Waals surface area contributed by atoms with E-state index in [1.54, 1.807) is 26.4 Å². The molecule has 0 aliphatic carbocycles. The van der Waals surface area contributed by atoms with Crippen LogP contribution in [-0.2, 0) is 9.53 Å². The highest BCUT2D eigenvalue weighted by molar-refractivity contribution is 9.10. The Morgan fingerprint density at radius 1 is 1.17 bits per heavy atom. The Morgan fingerprint density at radius 3 is 2.24 bits per heavy atom. The summed E-state index contributed by atoms with van der Waals surface area (Å²) in [4.78, 5) is 14.6. The van der Waals surface area contributed by atoms with Crippen molar-refractivity contribution in [1.82, 2.24) is 5.43 Å². The maximum atomic E-state index is 12.6. The molecule has 0 saturated carbocycles. The van der Waals surface area contributed by atoms with Crippen molar-refractivity contribution in [2.24, 2.45) is 5.10 Å². The maximum Gasteiger partial charge on any atom is 0.273 e. The van der Waals surface area contributed by atoms with Gasteiger partial charge in [0.25, 0.3) is 5.91 Å². The van der Waals surface area contributed by atoms with Crippen LogP contribution < -0.4 is 19.8 Å². The minimum atomic E-state index is -0.748. The van der Waals surface area contributed by atoms with Crippen LogP contribution in [0, 0.1) is 0 Å². The molecule has 1 atom stereocenters. The fraction of sp³-hybridized carbons (Fsp3) is 0.333. The van der Waals surface area contributed by atoms with Crippen LogP contribution in [0.5, 0.6) is 11.5 Å². The van der Waals surface area contributed by atoms with E-state index in [9.17, 15) is 4.79 Å². The lowest BCUT2D eigenvalue weighted by atomic mass is 10.1. The normalized spacial score (nSPS) is 11.9. The molecule has 8 heteroatoms. The maximum absolute atomic E-state index is 12.6. The molecule has 0 aliphatic heterocycles. The molecule has 2 aromatic rings. The smallest absolute Gasteiger partial charge is 0.273 e. The fourth-order valence-corrected chi connectivity index (χ4v) is 3.18. The van der Waals surface area contributed by atoms with Crippen molar-refractivity contribution in [1.29, 1.82) is 0 Å². The van der Waals surface area contributed by atoms with Gasteiger partial charge >= 0.3 is 0 Å². The summed E-state index contributed by atoms with van der Waals surface area (Å²) in [5.41, 5.74) is 5.06. The Hall–Kier alpha value is -2.58. The SMILES string of the molecule is CCOC(C(=O)NN=Cc1cc(OC)c(Br)c(OC)c1)c1ccc(N(C)C)cc1. The van der Waals surface area contributed by atoms with Crippen molar-refractivity contribution in [3.63, 3.8) is 0 Å². The van der Waals surface area contributed by atoms with Crippen molar-refractivity contribution in [3.05, 3.63) is 52.0 Å². The summed E-state index contributed by atoms with van der Waals surface area (Å²) >= 11 is 3.42. The Balaban J connectivity index is 2.14. The zero-order chi connectivity index (χ0) is 21.4. The first-order valence-electron chi connectivity index (χ1n) is 9.04. The van der Waals surface area contributed by atoms with Gasteiger partial charge in [0.05, 0.1) is 20.4 Å². The van der Waals surface area contributed by atoms with Crippen molar-refractivity contribution in [2.45, 2.75) is 13.0 Å². The van der Waals surface area contributed by atoms with Crippen LogP contribution in [0.2, 0.25) is 0 Å². The summed E-state index contributed by atoms with van der Waals surface area (Å²) in [7, 11) is 7.05. The Labute approximate surface area is 179 Å². The number of benzene rings is 2. The number of carbonyl (C=O) groups is 1. The van der Waals surface area contributed by atoms with Gasteiger partial charge in [-0.3, -0.25) is 4.79 Å². The van der Waals surface area contributed by atoms with E-state index in [1.807, 2.05) is 50.2 Å². The number of hydrogen-bond acceptors (Lipinski definition) is 6. The summed E-state index contributed by atoms with van der Waals surface area (Å²) < 4.78 is 17.0. The molecule has 2 aromatic carbocycles. The predicted octanol–water partition coefficient (Wildman–Crippen LogP) is 3.76. The molecule has 0 saturated heterocycles. The van der Waals surface area contributed by atoms with Gasteiger partial charge in [-0.05, 0) is 52.7 Å². The number of anilines is 1. The summed E-state index contributed by atoms with van der Waals surface area (Å²) in [6.45, 7) is 2.25. The van der Waals surface area contributed by atoms with Gasteiger partial charge in [-0.25, -0.2) is 5.43 Å². The Bertz CT molecular complexity index is 828. The first kappa shape index (κ1) is 22.7. The van der Waals surface area contributed by atoms with E-state index >= 15 is 0 Å². The second kappa shape index (κ2) is 10.8. The van der Waals surface area contributed by atoms with Gasteiger partial charge in [0.1, 0.15) is 16.0 Å². The zero-order valence-corrected chi connectivity index (χ0v) is 18.8. The van der Waals surface area contributed by atoms with Crippen molar-refractivity contribution in [2.75, 3.05) is 39.8 Å². The molecule has 0 fully saturated rings. The lowest BCUT2D eigenvalue weighted by Gasteiger charge is -2.17. The number of ether oxygens (including phenoxy) is 3. The molecule has 156 valence electrons. The molecule has 1 N–H and O–H groups in total. The first-order valence-corrected chi connectivity index (χ1v) is 9.83. The molecule has 0 heterocycles. The van der Waals surface area contributed by atoms with Gasteiger partial charge in [0.15, 0.2) is 6.10 Å². The highest BCUT2D eigenvalue weighted by Crippen LogP contribution is 2.35. The molecule has 0 radical (unpaired) electrons. The third-order valence-corrected chi connectivity index (χ3v) is 4.92. The minimum Gasteiger partial charge on any atom is -0.495 e. The number of hydrazone groups is 1. The van der Waals surface area contributed by atoms with Crippen molar-refractivity contribution in [3.8, 4) is 11.5 Å². The van der Waals surface area contributed by atoms with Crippen LogP contribution in [-0.4, -0.2) is 47.0 Å². The fourth-order valence-electron chi connectivity index (χ4n) is 2.63. The average molecular weight is 464 g/mol. The second-order valence-electron chi connectivity index (χ2n) is 6.30. The first-order chi connectivity index (χ1) is 13.9. The third-order valence-electron chi connectivity index (χ3n) is 4.14. The molecule has 0 aliphatic rings. The molecule has 0 spiro atoms. The molecular weight excluding hydrogens is 438 g/mol. The number of methoxy groups -OCH3 is 2. The number of amides is 1. The van der Waals surface area contributed by atoms with Crippen LogP contribution in [0.15, 0.2) is 46.0 Å². The van der Waals surface area contributed by atoms with Crippen LogP contribution in [0.1, 0.15) is 24.2 Å². The van der Waals surface area contributed by atoms with Crippen molar-refractivity contribution < 1.29 is 19.0 Å². The van der Waals surface area contributed by atoms with Gasteiger partial charge in [-0.1, -0.05) is 12.1 Å². The van der Waals surface area contributed by atoms with E-state index in [4.69, 9.17) is 14.2 Å². The molecule has 7 nitrogen and oxygen atoms in total. The monoisotopic (exact) mass is 463 g/mol. The van der Waals surface area contributed by atoms with Crippen molar-refractivity contribution >= 4 is 33.7 Å². The summed E-state index contributed by atoms with van der Waals surface area (Å²) in [6, 6.07) is 11.2. The second-order valence-corrected chi connectivity index (χ2v) is 7.09. The zero-order valence-electron chi connectivity index (χ0n) is 17.2. The van der Waals surface area contributed by atoms with E-state index in [1.165, 1.54) is 6.21 Å². The molecule has 2 rings (SSSR count). The van der Waals surface area contributed by atoms with Gasteiger partial charge in [-0.15, -0.1) is 0 Å². The number of carbonyl (C=O) groups excluding carboxylic acids is 1. The summed E-state index contributed by atoms with van der Waals surface area (Å²) in [5.74, 6) is 0.854. The van der Waals surface area contributed by atoms with E-state index in [0.29, 0.717) is 28.1 Å². The minimum absolute atomic E-state index is 0.350. The Morgan fingerprint density at radius 2 is 1.76 bits per heavy atom. The molecule has 1 amide bonds. The van der Waals surface area contributed by atoms with Gasteiger partial charge in [0.2, 0.25) is 0 Å². The van der Waals surface area contributed by atoms with Gasteiger partial charge in [0, 0.05) is 32.0 Å². The standard InChI is InChI=1S/C21H26BrN3O4/c1-6-29-20(15-7-9-16(10-8-15)25(2)3)21(26)24-23-13-14-11-17(27-4)19(22)18(12-14)28-5/h7-13,20H,6H2,1-5H3,(H,24,26). The number of rotatable bonds is 9. The largest absolute Gasteiger partial charge is 0.495 e. The molecule has 0 aromatic heterocycles. The summed E-state index contributed by atoms with van der Waals surface area (Å²) in [6.07, 6.45) is 0.774. The van der Waals surface area contributed by atoms with Crippen LogP contribution in [0.4, 0.5) is 5.69 Å². The molecule has 0 bridgehead atoms. The number of hydrogen-bond donors (Lipinski definition) is 1. The topological polar surface area (TPSA) is 72.4 Å². The third kappa shape index (κ3) is 5.95. The van der Waals surface area contributed by atoms with Crippen LogP contribution >= 0.6 is 15.9 Å². The number of nitrogens with one attached hydrogen (secondary N) is 1. The van der Waals surface area contributed by atoms with Crippen LogP contribution in [0.25, 0.3) is 0 Å². The van der Waals surface area contributed by atoms with Crippen LogP contribution in [0.3, 0.4) is 0 Å². The lowest BCUT2D eigenvalue weighted by Crippen LogP contribution is -2.27. The predicted molar refractivity (Wildman–Crippen MR) is 118 cm³/mol. The molecule has 1 unspecified atom stereocenters.